The van der Waals surface area contributed by atoms with Crippen LogP contribution in [-0.2, 0) is 6.61 Å². The van der Waals surface area contributed by atoms with Crippen molar-refractivity contribution in [3.05, 3.63) is 64.9 Å². The van der Waals surface area contributed by atoms with Crippen molar-refractivity contribution in [3.63, 3.8) is 0 Å². The van der Waals surface area contributed by atoms with E-state index in [1.807, 2.05) is 47.4 Å². The van der Waals surface area contributed by atoms with Gasteiger partial charge in [-0.05, 0) is 18.2 Å². The molecule has 1 aromatic heterocycles. The lowest BCUT2D eigenvalue weighted by Gasteiger charge is -2.26. The Balaban J connectivity index is 0.00000210. The van der Waals surface area contributed by atoms with Crippen molar-refractivity contribution in [1.29, 1.82) is 0 Å². The molecule has 1 aliphatic rings. The Morgan fingerprint density at radius 2 is 1.81 bits per heavy atom. The Hall–Kier alpha value is -2.21. The van der Waals surface area contributed by atoms with Gasteiger partial charge in [-0.2, -0.15) is 0 Å². The van der Waals surface area contributed by atoms with Crippen LogP contribution in [0.1, 0.15) is 16.1 Å². The molecule has 1 saturated heterocycles. The van der Waals surface area contributed by atoms with E-state index < -0.39 is 0 Å². The van der Waals surface area contributed by atoms with Crippen LogP contribution in [0.4, 0.5) is 0 Å². The number of rotatable bonds is 4. The van der Waals surface area contributed by atoms with E-state index in [1.165, 1.54) is 0 Å². The lowest BCUT2D eigenvalue weighted by molar-refractivity contribution is 0.0702. The Bertz CT molecular complexity index is 936. The van der Waals surface area contributed by atoms with Gasteiger partial charge in [-0.15, -0.1) is 12.4 Å². The third-order valence-corrected chi connectivity index (χ3v) is 4.82. The molecule has 4 rings (SSSR count). The van der Waals surface area contributed by atoms with Gasteiger partial charge in [0.25, 0.3) is 5.91 Å². The van der Waals surface area contributed by atoms with Gasteiger partial charge in [0, 0.05) is 37.1 Å². The zero-order valence-electron chi connectivity index (χ0n) is 14.6. The first-order valence-corrected chi connectivity index (χ1v) is 8.99. The molecule has 5 nitrogen and oxygen atoms in total. The fourth-order valence-electron chi connectivity index (χ4n) is 3.14. The summed E-state index contributed by atoms with van der Waals surface area (Å²) in [5.74, 6) is 0.834. The van der Waals surface area contributed by atoms with Crippen molar-refractivity contribution in [2.75, 3.05) is 26.2 Å². The van der Waals surface area contributed by atoms with Gasteiger partial charge in [-0.1, -0.05) is 41.9 Å². The van der Waals surface area contributed by atoms with Crippen LogP contribution >= 0.6 is 24.0 Å². The summed E-state index contributed by atoms with van der Waals surface area (Å²) >= 11 is 6.18. The Morgan fingerprint density at radius 3 is 2.59 bits per heavy atom. The van der Waals surface area contributed by atoms with Crippen LogP contribution in [0.2, 0.25) is 5.02 Å². The number of hydrogen-bond acceptors (Lipinski definition) is 4. The first kappa shape index (κ1) is 19.5. The number of benzene rings is 2. The number of fused-ring (bicyclic) bond motifs is 1. The highest BCUT2D eigenvalue weighted by molar-refractivity contribution is 6.32. The number of nitrogens with one attached hydrogen (secondary N) is 1. The summed E-state index contributed by atoms with van der Waals surface area (Å²) in [7, 11) is 0. The Labute approximate surface area is 168 Å². The second kappa shape index (κ2) is 8.65. The molecule has 1 fully saturated rings. The van der Waals surface area contributed by atoms with Gasteiger partial charge < -0.3 is 19.4 Å². The summed E-state index contributed by atoms with van der Waals surface area (Å²) in [6, 6.07) is 14.9. The average Bonchev–Trinajstić information content (AvgIpc) is 3.06. The van der Waals surface area contributed by atoms with Gasteiger partial charge in [-0.3, -0.25) is 4.79 Å². The molecule has 27 heavy (non-hydrogen) atoms. The van der Waals surface area contributed by atoms with Gasteiger partial charge in [0.1, 0.15) is 17.9 Å². The van der Waals surface area contributed by atoms with E-state index in [1.54, 1.807) is 6.07 Å². The highest BCUT2D eigenvalue weighted by Crippen LogP contribution is 2.30. The van der Waals surface area contributed by atoms with Crippen molar-refractivity contribution < 1.29 is 13.9 Å². The molecule has 0 radical (unpaired) electrons. The predicted molar refractivity (Wildman–Crippen MR) is 108 cm³/mol. The van der Waals surface area contributed by atoms with Gasteiger partial charge in [0.05, 0.1) is 5.02 Å². The van der Waals surface area contributed by atoms with E-state index in [-0.39, 0.29) is 24.9 Å². The van der Waals surface area contributed by atoms with Crippen LogP contribution in [0, 0.1) is 0 Å². The molecule has 0 spiro atoms. The number of ether oxygens (including phenoxy) is 1. The molecule has 2 heterocycles. The van der Waals surface area contributed by atoms with Gasteiger partial charge in [-0.25, -0.2) is 0 Å². The number of nitrogens with zero attached hydrogens (tertiary/aromatic N) is 1. The first-order chi connectivity index (χ1) is 12.7. The standard InChI is InChI=1S/C20H19ClN2O3.ClH/c21-16-6-2-4-8-18(16)25-13-15-14-5-1-3-7-17(14)26-19(15)20(24)23-11-9-22-10-12-23;/h1-8,22H,9-13H2;1H. The third kappa shape index (κ3) is 4.05. The highest BCUT2D eigenvalue weighted by atomic mass is 35.5. The minimum atomic E-state index is -0.0968. The summed E-state index contributed by atoms with van der Waals surface area (Å²) in [5.41, 5.74) is 1.44. The molecule has 0 saturated carbocycles. The molecule has 0 aliphatic carbocycles. The molecule has 7 heteroatoms. The molecule has 0 unspecified atom stereocenters. The number of carbonyl (C=O) groups excluding carboxylic acids is 1. The second-order valence-electron chi connectivity index (χ2n) is 6.17. The normalized spacial score (nSPS) is 14.0. The average molecular weight is 407 g/mol. The maximum atomic E-state index is 13.0. The van der Waals surface area contributed by atoms with Crippen molar-refractivity contribution >= 4 is 40.9 Å². The summed E-state index contributed by atoms with van der Waals surface area (Å²) in [6.07, 6.45) is 0. The molecule has 3 aromatic rings. The topological polar surface area (TPSA) is 54.7 Å². The quantitative estimate of drug-likeness (QED) is 0.707. The number of amides is 1. The van der Waals surface area contributed by atoms with E-state index in [2.05, 4.69) is 5.32 Å². The van der Waals surface area contributed by atoms with Crippen molar-refractivity contribution in [3.8, 4) is 5.75 Å². The number of furan rings is 1. The second-order valence-corrected chi connectivity index (χ2v) is 6.57. The molecule has 0 atom stereocenters. The molecule has 0 bridgehead atoms. The highest BCUT2D eigenvalue weighted by Gasteiger charge is 2.26. The van der Waals surface area contributed by atoms with Crippen molar-refractivity contribution in [2.45, 2.75) is 6.61 Å². The SMILES string of the molecule is Cl.O=C(c1oc2ccccc2c1COc1ccccc1Cl)N1CCNCC1. The van der Waals surface area contributed by atoms with Crippen LogP contribution in [0.5, 0.6) is 5.75 Å². The zero-order valence-corrected chi connectivity index (χ0v) is 16.2. The molecule has 2 aromatic carbocycles. The first-order valence-electron chi connectivity index (χ1n) is 8.62. The van der Waals surface area contributed by atoms with E-state index in [4.69, 9.17) is 20.8 Å². The lowest BCUT2D eigenvalue weighted by atomic mass is 10.1. The number of halogens is 2. The fourth-order valence-corrected chi connectivity index (χ4v) is 3.33. The number of hydrogen-bond donors (Lipinski definition) is 1. The molecule has 1 aliphatic heterocycles. The van der Waals surface area contributed by atoms with Crippen LogP contribution in [-0.4, -0.2) is 37.0 Å². The largest absolute Gasteiger partial charge is 0.487 e. The van der Waals surface area contributed by atoms with Gasteiger partial charge in [0.2, 0.25) is 0 Å². The summed E-state index contributed by atoms with van der Waals surface area (Å²) in [5, 5.41) is 4.68. The van der Waals surface area contributed by atoms with E-state index in [0.29, 0.717) is 35.2 Å². The van der Waals surface area contributed by atoms with Crippen LogP contribution in [0.15, 0.2) is 52.9 Å². The molecule has 1 N–H and O–H groups in total. The van der Waals surface area contributed by atoms with Crippen LogP contribution in [0.25, 0.3) is 11.0 Å². The summed E-state index contributed by atoms with van der Waals surface area (Å²) in [6.45, 7) is 3.13. The third-order valence-electron chi connectivity index (χ3n) is 4.51. The monoisotopic (exact) mass is 406 g/mol. The molecule has 142 valence electrons. The molecular weight excluding hydrogens is 387 g/mol. The number of carbonyl (C=O) groups is 1. The Kier molecular flexibility index (Phi) is 6.26. The van der Waals surface area contributed by atoms with Gasteiger partial charge in [0.15, 0.2) is 5.76 Å². The van der Waals surface area contributed by atoms with Crippen LogP contribution in [0.3, 0.4) is 0 Å². The number of piperazine rings is 1. The van der Waals surface area contributed by atoms with Crippen molar-refractivity contribution in [1.82, 2.24) is 10.2 Å². The van der Waals surface area contributed by atoms with E-state index >= 15 is 0 Å². The summed E-state index contributed by atoms with van der Waals surface area (Å²) < 4.78 is 11.8. The maximum Gasteiger partial charge on any atom is 0.290 e. The summed E-state index contributed by atoms with van der Waals surface area (Å²) in [4.78, 5) is 14.8. The number of para-hydroxylation sites is 2. The van der Waals surface area contributed by atoms with E-state index in [0.717, 1.165) is 24.0 Å². The zero-order chi connectivity index (χ0) is 17.9. The Morgan fingerprint density at radius 1 is 1.11 bits per heavy atom. The fraction of sp³-hybridized carbons (Fsp3) is 0.250. The molecular formula is C20H20Cl2N2O3. The van der Waals surface area contributed by atoms with Crippen LogP contribution < -0.4 is 10.1 Å². The maximum absolute atomic E-state index is 13.0. The van der Waals surface area contributed by atoms with Crippen molar-refractivity contribution in [2.24, 2.45) is 0 Å². The minimum Gasteiger partial charge on any atom is -0.487 e. The lowest BCUT2D eigenvalue weighted by Crippen LogP contribution is -2.46. The predicted octanol–water partition coefficient (Wildman–Crippen LogP) is 4.13. The molecule has 1 amide bonds. The van der Waals surface area contributed by atoms with E-state index in [9.17, 15) is 4.79 Å². The smallest absolute Gasteiger partial charge is 0.290 e. The minimum absolute atomic E-state index is 0. The van der Waals surface area contributed by atoms with Gasteiger partial charge >= 0.3 is 0 Å².